The first kappa shape index (κ1) is 48.5. The Labute approximate surface area is 392 Å². The molecule has 0 unspecified atom stereocenters. The van der Waals surface area contributed by atoms with Gasteiger partial charge in [-0.15, -0.1) is 0 Å². The smallest absolute Gasteiger partial charge is 0.407 e. The Morgan fingerprint density at radius 1 is 0.537 bits per heavy atom. The molecule has 0 radical (unpaired) electrons. The first-order valence-electron chi connectivity index (χ1n) is 22.9. The summed E-state index contributed by atoms with van der Waals surface area (Å²) in [6, 6.07) is 33.9. The van der Waals surface area contributed by atoms with E-state index in [0.717, 1.165) is 62.2 Å². The van der Waals surface area contributed by atoms with E-state index in [1.165, 1.54) is 0 Å². The van der Waals surface area contributed by atoms with E-state index < -0.39 is 11.7 Å². The van der Waals surface area contributed by atoms with Crippen molar-refractivity contribution in [2.24, 2.45) is 0 Å². The van der Waals surface area contributed by atoms with Gasteiger partial charge in [0.25, 0.3) is 0 Å². The van der Waals surface area contributed by atoms with Crippen LogP contribution in [0.4, 0.5) is 4.79 Å². The van der Waals surface area contributed by atoms with Crippen molar-refractivity contribution in [3.8, 4) is 51.3 Å². The predicted octanol–water partition coefficient (Wildman–Crippen LogP) is 9.65. The first-order valence-corrected chi connectivity index (χ1v) is 22.9. The van der Waals surface area contributed by atoms with Crippen LogP contribution in [0.25, 0.3) is 44.3 Å². The summed E-state index contributed by atoms with van der Waals surface area (Å²) in [5.74, 6) is 3.33. The molecule has 5 heterocycles. The van der Waals surface area contributed by atoms with Crippen molar-refractivity contribution in [2.45, 2.75) is 39.2 Å². The van der Waals surface area contributed by atoms with Crippen molar-refractivity contribution in [3.63, 3.8) is 0 Å². The monoisotopic (exact) mass is 915 g/mol. The zero-order valence-corrected chi connectivity index (χ0v) is 38.7. The van der Waals surface area contributed by atoms with Crippen molar-refractivity contribution in [1.29, 1.82) is 0 Å². The fraction of sp³-hybridized carbons (Fsp3) is 0.377. The average molecular weight is 916 g/mol. The van der Waals surface area contributed by atoms with E-state index in [1.807, 2.05) is 93.6 Å². The van der Waals surface area contributed by atoms with Crippen LogP contribution in [0.2, 0.25) is 0 Å². The van der Waals surface area contributed by atoms with E-state index in [4.69, 9.17) is 57.3 Å². The summed E-state index contributed by atoms with van der Waals surface area (Å²) < 4.78 is 58.1. The molecule has 14 heteroatoms. The molecule has 0 saturated carbocycles. The van der Waals surface area contributed by atoms with Crippen LogP contribution in [-0.2, 0) is 23.7 Å². The number of ether oxygens (including phenoxy) is 10. The Morgan fingerprint density at radius 2 is 1.00 bits per heavy atom. The Bertz CT molecular complexity index is 2490. The highest BCUT2D eigenvalue weighted by molar-refractivity contribution is 6.04. The number of carbonyl (C=O) groups excluding carboxylic acids is 1. The molecule has 10 bridgehead atoms. The fourth-order valence-corrected chi connectivity index (χ4v) is 6.89. The Kier molecular flexibility index (Phi) is 18.4. The number of nitrogens with one attached hydrogen (secondary N) is 1. The predicted molar refractivity (Wildman–Crippen MR) is 258 cm³/mol. The molecule has 6 aromatic rings. The topological polar surface area (TPSA) is 147 Å². The molecule has 1 N–H and O–H groups in total. The third-order valence-corrected chi connectivity index (χ3v) is 10.1. The van der Waals surface area contributed by atoms with Crippen LogP contribution < -0.4 is 29.0 Å². The van der Waals surface area contributed by atoms with Gasteiger partial charge in [0, 0.05) is 46.6 Å². The second-order valence-electron chi connectivity index (χ2n) is 16.5. The minimum Gasteiger partial charge on any atom is -0.493 e. The summed E-state index contributed by atoms with van der Waals surface area (Å²) in [5, 5.41) is 4.73. The lowest BCUT2D eigenvalue weighted by Crippen LogP contribution is -2.34. The third kappa shape index (κ3) is 16.1. The van der Waals surface area contributed by atoms with Crippen molar-refractivity contribution in [3.05, 3.63) is 115 Å². The highest BCUT2D eigenvalue weighted by Crippen LogP contribution is 2.31. The van der Waals surface area contributed by atoms with Crippen LogP contribution in [0, 0.1) is 0 Å². The molecule has 0 saturated heterocycles. The number of carbonyl (C=O) groups is 1. The molecular formula is C53H61N3O11. The van der Waals surface area contributed by atoms with Crippen LogP contribution >= 0.6 is 0 Å². The number of aromatic nitrogens is 2. The van der Waals surface area contributed by atoms with Crippen molar-refractivity contribution < 1.29 is 52.2 Å². The molecule has 3 aliphatic heterocycles. The Balaban J connectivity index is 0.944. The van der Waals surface area contributed by atoms with Gasteiger partial charge in [0.15, 0.2) is 0 Å². The lowest BCUT2D eigenvalue weighted by Gasteiger charge is -2.19. The van der Waals surface area contributed by atoms with Gasteiger partial charge in [0.2, 0.25) is 0 Å². The zero-order chi connectivity index (χ0) is 46.5. The summed E-state index contributed by atoms with van der Waals surface area (Å²) in [6.07, 6.45) is 5.15. The lowest BCUT2D eigenvalue weighted by molar-refractivity contribution is 0.00497. The normalized spacial score (nSPS) is 15.4. The standard InChI is InChI=1S/C53H61N3O11/c1-53(2,3)67-52(57)54-22-25-58-30-34-65-46-36-45-37-47(38-46)66-35-32-61-29-27-59-26-28-60-31-33-64-44-18-12-40(13-19-44)49-21-15-42-9-8-41-14-20-48(55-50(41)51(42)56-49)39-10-16-43(17-11-39)62-23-6-4-5-7-24-63-45/h4-5,8-21,36-38H,6-7,22-35H2,1-3H3,(H,54,57)/b5-4+. The molecule has 1 amide bonds. The van der Waals surface area contributed by atoms with E-state index in [1.54, 1.807) is 6.07 Å². The van der Waals surface area contributed by atoms with Gasteiger partial charge in [-0.3, -0.25) is 0 Å². The lowest BCUT2D eigenvalue weighted by atomic mass is 10.1. The molecular weight excluding hydrogens is 855 g/mol. The van der Waals surface area contributed by atoms with Crippen molar-refractivity contribution in [1.82, 2.24) is 15.3 Å². The minimum atomic E-state index is -0.561. The number of hydrogen-bond acceptors (Lipinski definition) is 13. The zero-order valence-electron chi connectivity index (χ0n) is 38.7. The average Bonchev–Trinajstić information content (AvgIpc) is 3.32. The maximum atomic E-state index is 11.9. The van der Waals surface area contributed by atoms with Crippen LogP contribution in [0.5, 0.6) is 28.7 Å². The molecule has 9 rings (SSSR count). The molecule has 0 spiro atoms. The van der Waals surface area contributed by atoms with Gasteiger partial charge in [-0.1, -0.05) is 36.4 Å². The molecule has 67 heavy (non-hydrogen) atoms. The van der Waals surface area contributed by atoms with E-state index in [-0.39, 0.29) is 0 Å². The molecule has 0 atom stereocenters. The SMILES string of the molecule is CC(C)(C)OC(=O)NCCOCCOc1cc2cc(c1)OCCOCCOCCOCCOc1ccc(cc1)-c1ccc3ccc4ccc(nc4c3n1)-c1ccc(cc1)OCC/C=C/CCO2. The van der Waals surface area contributed by atoms with E-state index in [2.05, 4.69) is 41.7 Å². The quantitative estimate of drug-likeness (QED) is 0.0922. The first-order chi connectivity index (χ1) is 32.8. The third-order valence-electron chi connectivity index (χ3n) is 10.1. The summed E-state index contributed by atoms with van der Waals surface area (Å²) in [5.41, 5.74) is 4.84. The van der Waals surface area contributed by atoms with Crippen LogP contribution in [-0.4, -0.2) is 114 Å². The number of nitrogens with zero attached hydrogens (tertiary/aromatic N) is 2. The van der Waals surface area contributed by atoms with Gasteiger partial charge in [-0.05, 0) is 94.3 Å². The van der Waals surface area contributed by atoms with Crippen LogP contribution in [0.1, 0.15) is 33.6 Å². The number of pyridine rings is 2. The summed E-state index contributed by atoms with van der Waals surface area (Å²) in [4.78, 5) is 22.1. The maximum Gasteiger partial charge on any atom is 0.407 e. The summed E-state index contributed by atoms with van der Waals surface area (Å²) in [6.45, 7) is 11.0. The largest absolute Gasteiger partial charge is 0.493 e. The van der Waals surface area contributed by atoms with Crippen LogP contribution in [0.15, 0.2) is 115 Å². The van der Waals surface area contributed by atoms with Gasteiger partial charge in [-0.25, -0.2) is 14.8 Å². The number of alkyl carbamates (subject to hydrolysis) is 1. The molecule has 4 aromatic carbocycles. The Morgan fingerprint density at radius 3 is 1.52 bits per heavy atom. The molecule has 354 valence electrons. The van der Waals surface area contributed by atoms with E-state index in [9.17, 15) is 4.79 Å². The fourth-order valence-electron chi connectivity index (χ4n) is 6.89. The second kappa shape index (κ2) is 25.5. The molecule has 0 aliphatic carbocycles. The molecule has 2 aromatic heterocycles. The summed E-state index contributed by atoms with van der Waals surface area (Å²) >= 11 is 0. The van der Waals surface area contributed by atoms with Gasteiger partial charge >= 0.3 is 6.09 Å². The number of benzene rings is 4. The number of rotatable bonds is 7. The summed E-state index contributed by atoms with van der Waals surface area (Å²) in [7, 11) is 0. The molecule has 14 nitrogen and oxygen atoms in total. The number of hydrogen-bond donors (Lipinski definition) is 1. The van der Waals surface area contributed by atoms with Crippen molar-refractivity contribution in [2.75, 3.05) is 92.4 Å². The van der Waals surface area contributed by atoms with Crippen LogP contribution in [0.3, 0.4) is 0 Å². The maximum absolute atomic E-state index is 11.9. The van der Waals surface area contributed by atoms with E-state index >= 15 is 0 Å². The van der Waals surface area contributed by atoms with Gasteiger partial charge < -0.3 is 52.7 Å². The second-order valence-corrected chi connectivity index (χ2v) is 16.5. The van der Waals surface area contributed by atoms with Gasteiger partial charge in [0.1, 0.15) is 54.2 Å². The molecule has 0 fully saturated rings. The van der Waals surface area contributed by atoms with Gasteiger partial charge in [-0.2, -0.15) is 0 Å². The highest BCUT2D eigenvalue weighted by Gasteiger charge is 2.16. The van der Waals surface area contributed by atoms with Crippen molar-refractivity contribution >= 4 is 27.9 Å². The minimum absolute atomic E-state index is 0.290. The van der Waals surface area contributed by atoms with E-state index in [0.29, 0.717) is 116 Å². The highest BCUT2D eigenvalue weighted by atomic mass is 16.6. The Hall–Kier alpha value is -6.45. The van der Waals surface area contributed by atoms with Gasteiger partial charge in [0.05, 0.1) is 88.5 Å². The number of fused-ring (bicyclic) bond motifs is 2. The number of amides is 1. The molecule has 3 aliphatic rings.